The zero-order chi connectivity index (χ0) is 13.4. The second-order valence-corrected chi connectivity index (χ2v) is 5.50. The minimum atomic E-state index is 0.278. The van der Waals surface area contributed by atoms with Crippen LogP contribution >= 0.6 is 11.3 Å². The van der Waals surface area contributed by atoms with Crippen molar-refractivity contribution in [2.45, 2.75) is 26.3 Å². The molecule has 18 heavy (non-hydrogen) atoms. The van der Waals surface area contributed by atoms with Crippen LogP contribution in [-0.2, 0) is 11.2 Å². The van der Waals surface area contributed by atoms with Gasteiger partial charge in [0.15, 0.2) is 0 Å². The quantitative estimate of drug-likeness (QED) is 0.237. The number of guanidine groups is 1. The molecule has 6 heteroatoms. The SMILES string of the molecule is COCCN=C(NN)NC(C)Cc1ccc(C)s1. The third kappa shape index (κ3) is 5.48. The lowest BCUT2D eigenvalue weighted by Gasteiger charge is -2.15. The zero-order valence-electron chi connectivity index (χ0n) is 11.2. The lowest BCUT2D eigenvalue weighted by molar-refractivity contribution is 0.208. The van der Waals surface area contributed by atoms with Crippen molar-refractivity contribution in [2.75, 3.05) is 20.3 Å². The summed E-state index contributed by atoms with van der Waals surface area (Å²) < 4.78 is 4.94. The molecular weight excluding hydrogens is 248 g/mol. The van der Waals surface area contributed by atoms with Gasteiger partial charge in [0.1, 0.15) is 0 Å². The molecule has 0 radical (unpaired) electrons. The maximum atomic E-state index is 5.42. The first-order chi connectivity index (χ1) is 8.65. The Hall–Kier alpha value is -1.11. The van der Waals surface area contributed by atoms with Gasteiger partial charge in [-0.3, -0.25) is 5.43 Å². The lowest BCUT2D eigenvalue weighted by atomic mass is 10.2. The van der Waals surface area contributed by atoms with Crippen molar-refractivity contribution in [3.05, 3.63) is 21.9 Å². The molecule has 1 atom stereocenters. The van der Waals surface area contributed by atoms with Crippen molar-refractivity contribution in [1.82, 2.24) is 10.7 Å². The summed E-state index contributed by atoms with van der Waals surface area (Å²) in [6.07, 6.45) is 0.962. The van der Waals surface area contributed by atoms with Crippen molar-refractivity contribution in [3.8, 4) is 0 Å². The molecule has 0 aliphatic rings. The van der Waals surface area contributed by atoms with E-state index < -0.39 is 0 Å². The van der Waals surface area contributed by atoms with Crippen molar-refractivity contribution in [1.29, 1.82) is 0 Å². The van der Waals surface area contributed by atoms with E-state index in [0.717, 1.165) is 6.42 Å². The molecule has 0 spiro atoms. The highest BCUT2D eigenvalue weighted by molar-refractivity contribution is 7.11. The van der Waals surface area contributed by atoms with Crippen molar-refractivity contribution in [2.24, 2.45) is 10.8 Å². The number of ether oxygens (including phenoxy) is 1. The monoisotopic (exact) mass is 270 g/mol. The average molecular weight is 270 g/mol. The summed E-state index contributed by atoms with van der Waals surface area (Å²) in [6, 6.07) is 4.58. The molecular formula is C12H22N4OS. The Labute approximate surface area is 112 Å². The van der Waals surface area contributed by atoms with Gasteiger partial charge in [0, 0.05) is 29.3 Å². The van der Waals surface area contributed by atoms with Crippen LogP contribution in [0.15, 0.2) is 17.1 Å². The largest absolute Gasteiger partial charge is 0.383 e. The fourth-order valence-corrected chi connectivity index (χ4v) is 2.58. The molecule has 4 N–H and O–H groups in total. The number of nitrogens with two attached hydrogens (primary N) is 1. The molecule has 0 saturated heterocycles. The summed E-state index contributed by atoms with van der Waals surface area (Å²) in [5, 5.41) is 3.25. The van der Waals surface area contributed by atoms with Crippen LogP contribution in [0.4, 0.5) is 0 Å². The van der Waals surface area contributed by atoms with Crippen LogP contribution in [-0.4, -0.2) is 32.3 Å². The Bertz CT molecular complexity index is 378. The van der Waals surface area contributed by atoms with Gasteiger partial charge in [-0.25, -0.2) is 10.8 Å². The van der Waals surface area contributed by atoms with Crippen LogP contribution in [0.3, 0.4) is 0 Å². The van der Waals surface area contributed by atoms with Gasteiger partial charge in [0.25, 0.3) is 0 Å². The minimum absolute atomic E-state index is 0.278. The Morgan fingerprint density at radius 2 is 2.33 bits per heavy atom. The molecule has 1 aromatic rings. The van der Waals surface area contributed by atoms with E-state index in [9.17, 15) is 0 Å². The van der Waals surface area contributed by atoms with Crippen LogP contribution in [0.5, 0.6) is 0 Å². The summed E-state index contributed by atoms with van der Waals surface area (Å²) in [5.41, 5.74) is 2.57. The topological polar surface area (TPSA) is 71.7 Å². The molecule has 0 saturated carbocycles. The average Bonchev–Trinajstić information content (AvgIpc) is 2.73. The summed E-state index contributed by atoms with van der Waals surface area (Å²) in [6.45, 7) is 5.41. The van der Waals surface area contributed by atoms with E-state index in [0.29, 0.717) is 19.1 Å². The predicted molar refractivity (Wildman–Crippen MR) is 76.9 cm³/mol. The first kappa shape index (κ1) is 14.9. The molecule has 0 amide bonds. The van der Waals surface area contributed by atoms with E-state index in [1.807, 2.05) is 11.3 Å². The number of nitrogens with one attached hydrogen (secondary N) is 2. The third-order valence-electron chi connectivity index (χ3n) is 2.39. The molecule has 1 rings (SSSR count). The molecule has 0 fully saturated rings. The number of hydrogen-bond acceptors (Lipinski definition) is 4. The molecule has 0 aromatic carbocycles. The van der Waals surface area contributed by atoms with Crippen LogP contribution in [0, 0.1) is 6.92 Å². The Kier molecular flexibility index (Phi) is 6.70. The number of methoxy groups -OCH3 is 1. The summed E-state index contributed by atoms with van der Waals surface area (Å²) in [7, 11) is 1.65. The number of rotatable bonds is 6. The van der Waals surface area contributed by atoms with E-state index in [2.05, 4.69) is 41.7 Å². The van der Waals surface area contributed by atoms with Gasteiger partial charge >= 0.3 is 0 Å². The number of nitrogens with zero attached hydrogens (tertiary/aromatic N) is 1. The first-order valence-corrected chi connectivity index (χ1v) is 6.79. The number of hydrogen-bond donors (Lipinski definition) is 3. The van der Waals surface area contributed by atoms with Gasteiger partial charge in [-0.2, -0.15) is 0 Å². The van der Waals surface area contributed by atoms with Crippen molar-refractivity contribution >= 4 is 17.3 Å². The van der Waals surface area contributed by atoms with Gasteiger partial charge in [-0.1, -0.05) is 0 Å². The van der Waals surface area contributed by atoms with Crippen LogP contribution in [0.25, 0.3) is 0 Å². The molecule has 0 aliphatic heterocycles. The van der Waals surface area contributed by atoms with Crippen LogP contribution in [0.1, 0.15) is 16.7 Å². The van der Waals surface area contributed by atoms with Crippen LogP contribution in [0.2, 0.25) is 0 Å². The van der Waals surface area contributed by atoms with Gasteiger partial charge in [-0.15, -0.1) is 11.3 Å². The van der Waals surface area contributed by atoms with Crippen molar-refractivity contribution < 1.29 is 4.74 Å². The summed E-state index contributed by atoms with van der Waals surface area (Å²) >= 11 is 1.82. The highest BCUT2D eigenvalue weighted by Gasteiger charge is 2.07. The summed E-state index contributed by atoms with van der Waals surface area (Å²) in [4.78, 5) is 6.96. The van der Waals surface area contributed by atoms with Crippen LogP contribution < -0.4 is 16.6 Å². The van der Waals surface area contributed by atoms with E-state index in [-0.39, 0.29) is 6.04 Å². The molecule has 0 bridgehead atoms. The molecule has 1 heterocycles. The molecule has 102 valence electrons. The second-order valence-electron chi connectivity index (χ2n) is 4.13. The molecule has 1 aromatic heterocycles. The lowest BCUT2D eigenvalue weighted by Crippen LogP contribution is -2.46. The van der Waals surface area contributed by atoms with E-state index in [1.54, 1.807) is 7.11 Å². The number of thiophene rings is 1. The van der Waals surface area contributed by atoms with E-state index in [1.165, 1.54) is 9.75 Å². The standard InChI is InChI=1S/C12H22N4OS/c1-9(8-11-5-4-10(2)18-11)15-12(16-13)14-6-7-17-3/h4-5,9H,6-8,13H2,1-3H3,(H2,14,15,16). The second kappa shape index (κ2) is 8.07. The highest BCUT2D eigenvalue weighted by atomic mass is 32.1. The Morgan fingerprint density at radius 3 is 2.89 bits per heavy atom. The fraction of sp³-hybridized carbons (Fsp3) is 0.583. The number of aliphatic imine (C=N–C) groups is 1. The Balaban J connectivity index is 2.41. The minimum Gasteiger partial charge on any atom is -0.383 e. The molecule has 5 nitrogen and oxygen atoms in total. The van der Waals surface area contributed by atoms with Gasteiger partial charge in [-0.05, 0) is 26.0 Å². The first-order valence-electron chi connectivity index (χ1n) is 5.97. The summed E-state index contributed by atoms with van der Waals surface area (Å²) in [5.74, 6) is 6.02. The van der Waals surface area contributed by atoms with E-state index in [4.69, 9.17) is 10.6 Å². The predicted octanol–water partition coefficient (Wildman–Crippen LogP) is 1.04. The zero-order valence-corrected chi connectivity index (χ0v) is 12.0. The highest BCUT2D eigenvalue weighted by Crippen LogP contribution is 2.16. The number of hydrazine groups is 1. The number of aryl methyl sites for hydroxylation is 1. The fourth-order valence-electron chi connectivity index (χ4n) is 1.56. The third-order valence-corrected chi connectivity index (χ3v) is 3.41. The molecule has 0 aliphatic carbocycles. The van der Waals surface area contributed by atoms with E-state index >= 15 is 0 Å². The van der Waals surface area contributed by atoms with Gasteiger partial charge < -0.3 is 10.1 Å². The van der Waals surface area contributed by atoms with Gasteiger partial charge in [0.05, 0.1) is 13.2 Å². The normalized spacial score (nSPS) is 13.4. The smallest absolute Gasteiger partial charge is 0.206 e. The Morgan fingerprint density at radius 1 is 1.56 bits per heavy atom. The maximum Gasteiger partial charge on any atom is 0.206 e. The van der Waals surface area contributed by atoms with Crippen molar-refractivity contribution in [3.63, 3.8) is 0 Å². The molecule has 1 unspecified atom stereocenters. The maximum absolute atomic E-state index is 5.42. The van der Waals surface area contributed by atoms with Gasteiger partial charge in [0.2, 0.25) is 5.96 Å².